The SMILES string of the molecule is CC(=O)CC(=O)Nc1ccc(N)c(N)c1NC(=O)CC(C)=O. The number of Topliss-reactive ketones (excluding diaryl/α,β-unsaturated/α-hetero) is 2. The van der Waals surface area contributed by atoms with E-state index in [2.05, 4.69) is 10.6 Å². The van der Waals surface area contributed by atoms with Gasteiger partial charge < -0.3 is 22.1 Å². The van der Waals surface area contributed by atoms with Gasteiger partial charge in [-0.15, -0.1) is 0 Å². The van der Waals surface area contributed by atoms with Crippen molar-refractivity contribution in [1.29, 1.82) is 0 Å². The molecule has 1 aromatic rings. The van der Waals surface area contributed by atoms with Crippen molar-refractivity contribution in [2.24, 2.45) is 0 Å². The molecule has 1 rings (SSSR count). The van der Waals surface area contributed by atoms with Gasteiger partial charge in [0.2, 0.25) is 11.8 Å². The first-order valence-electron chi connectivity index (χ1n) is 6.47. The number of hydrogen-bond acceptors (Lipinski definition) is 6. The Balaban J connectivity index is 3.04. The minimum Gasteiger partial charge on any atom is -0.397 e. The van der Waals surface area contributed by atoms with Gasteiger partial charge in [0, 0.05) is 0 Å². The van der Waals surface area contributed by atoms with E-state index in [9.17, 15) is 19.2 Å². The molecule has 8 nitrogen and oxygen atoms in total. The maximum atomic E-state index is 11.7. The molecule has 6 N–H and O–H groups in total. The van der Waals surface area contributed by atoms with Crippen molar-refractivity contribution in [3.8, 4) is 0 Å². The van der Waals surface area contributed by atoms with E-state index < -0.39 is 11.8 Å². The number of ketones is 2. The Bertz CT molecular complexity index is 640. The monoisotopic (exact) mass is 306 g/mol. The normalized spacial score (nSPS) is 9.91. The summed E-state index contributed by atoms with van der Waals surface area (Å²) in [6.45, 7) is 2.56. The first-order chi connectivity index (χ1) is 10.2. The van der Waals surface area contributed by atoms with E-state index in [0.717, 1.165) is 0 Å². The van der Waals surface area contributed by atoms with Crippen LogP contribution in [0.5, 0.6) is 0 Å². The molecule has 0 aromatic heterocycles. The molecule has 0 saturated carbocycles. The summed E-state index contributed by atoms with van der Waals surface area (Å²) in [5, 5.41) is 4.92. The minimum atomic E-state index is -0.577. The zero-order chi connectivity index (χ0) is 16.9. The second-order valence-electron chi connectivity index (χ2n) is 4.84. The Morgan fingerprint density at radius 1 is 0.909 bits per heavy atom. The number of carbonyl (C=O) groups is 4. The van der Waals surface area contributed by atoms with Gasteiger partial charge in [-0.25, -0.2) is 0 Å². The topological polar surface area (TPSA) is 144 Å². The van der Waals surface area contributed by atoms with Gasteiger partial charge in [0.05, 0.1) is 35.6 Å². The van der Waals surface area contributed by atoms with Crippen LogP contribution >= 0.6 is 0 Å². The highest BCUT2D eigenvalue weighted by Gasteiger charge is 2.16. The summed E-state index contributed by atoms with van der Waals surface area (Å²) in [5.41, 5.74) is 12.0. The summed E-state index contributed by atoms with van der Waals surface area (Å²) in [4.78, 5) is 45.3. The van der Waals surface area contributed by atoms with Gasteiger partial charge >= 0.3 is 0 Å². The van der Waals surface area contributed by atoms with Gasteiger partial charge in [-0.3, -0.25) is 19.2 Å². The number of nitrogens with one attached hydrogen (secondary N) is 2. The Morgan fingerprint density at radius 2 is 1.41 bits per heavy atom. The first kappa shape index (κ1) is 17.2. The van der Waals surface area contributed by atoms with E-state index in [-0.39, 0.29) is 47.2 Å². The second kappa shape index (κ2) is 7.21. The smallest absolute Gasteiger partial charge is 0.231 e. The zero-order valence-electron chi connectivity index (χ0n) is 12.4. The molecule has 0 heterocycles. The molecule has 22 heavy (non-hydrogen) atoms. The molecule has 1 aromatic carbocycles. The average molecular weight is 306 g/mol. The quantitative estimate of drug-likeness (QED) is 0.449. The van der Waals surface area contributed by atoms with Gasteiger partial charge in [0.1, 0.15) is 11.6 Å². The molecule has 0 spiro atoms. The van der Waals surface area contributed by atoms with E-state index in [1.807, 2.05) is 0 Å². The Morgan fingerprint density at radius 3 is 1.91 bits per heavy atom. The molecule has 0 atom stereocenters. The number of nitrogens with two attached hydrogens (primary N) is 2. The molecule has 2 amide bonds. The average Bonchev–Trinajstić information content (AvgIpc) is 2.36. The third-order valence-corrected chi connectivity index (χ3v) is 2.64. The van der Waals surface area contributed by atoms with Crippen molar-refractivity contribution < 1.29 is 19.2 Å². The number of benzene rings is 1. The van der Waals surface area contributed by atoms with Crippen LogP contribution in [0.1, 0.15) is 26.7 Å². The third kappa shape index (κ3) is 4.89. The summed E-state index contributed by atoms with van der Waals surface area (Å²) in [6.07, 6.45) is -0.625. The molecule has 118 valence electrons. The summed E-state index contributed by atoms with van der Waals surface area (Å²) in [5.74, 6) is -1.74. The van der Waals surface area contributed by atoms with Crippen molar-refractivity contribution in [2.45, 2.75) is 26.7 Å². The molecule has 0 aliphatic rings. The van der Waals surface area contributed by atoms with Crippen molar-refractivity contribution in [1.82, 2.24) is 0 Å². The van der Waals surface area contributed by atoms with Crippen LogP contribution < -0.4 is 22.1 Å². The summed E-state index contributed by atoms with van der Waals surface area (Å²) in [7, 11) is 0. The van der Waals surface area contributed by atoms with Gasteiger partial charge in [0.25, 0.3) is 0 Å². The van der Waals surface area contributed by atoms with Crippen LogP contribution in [0.3, 0.4) is 0 Å². The van der Waals surface area contributed by atoms with E-state index in [1.165, 1.54) is 26.0 Å². The fraction of sp³-hybridized carbons (Fsp3) is 0.286. The number of carbonyl (C=O) groups excluding carboxylic acids is 4. The highest BCUT2D eigenvalue weighted by molar-refractivity contribution is 6.11. The van der Waals surface area contributed by atoms with Gasteiger partial charge in [-0.1, -0.05) is 0 Å². The Hall–Kier alpha value is -2.90. The fourth-order valence-corrected chi connectivity index (χ4v) is 1.70. The second-order valence-corrected chi connectivity index (χ2v) is 4.84. The molecule has 0 radical (unpaired) electrons. The first-order valence-corrected chi connectivity index (χ1v) is 6.47. The van der Waals surface area contributed by atoms with Crippen molar-refractivity contribution in [3.05, 3.63) is 12.1 Å². The van der Waals surface area contributed by atoms with Crippen LogP contribution in [0.2, 0.25) is 0 Å². The van der Waals surface area contributed by atoms with Crippen LogP contribution in [0, 0.1) is 0 Å². The Kier molecular flexibility index (Phi) is 5.62. The van der Waals surface area contributed by atoms with Crippen LogP contribution in [0.15, 0.2) is 12.1 Å². The van der Waals surface area contributed by atoms with E-state index in [4.69, 9.17) is 11.5 Å². The lowest BCUT2D eigenvalue weighted by Crippen LogP contribution is -2.20. The number of nitrogen functional groups attached to an aromatic ring is 2. The molecule has 0 aliphatic carbocycles. The van der Waals surface area contributed by atoms with E-state index in [1.54, 1.807) is 0 Å². The summed E-state index contributed by atoms with van der Waals surface area (Å²) < 4.78 is 0. The molecule has 8 heteroatoms. The van der Waals surface area contributed by atoms with Gasteiger partial charge in [-0.2, -0.15) is 0 Å². The largest absolute Gasteiger partial charge is 0.397 e. The third-order valence-electron chi connectivity index (χ3n) is 2.64. The van der Waals surface area contributed by atoms with Gasteiger partial charge in [-0.05, 0) is 26.0 Å². The lowest BCUT2D eigenvalue weighted by molar-refractivity contribution is -0.126. The van der Waals surface area contributed by atoms with Crippen LogP contribution in [-0.4, -0.2) is 23.4 Å². The van der Waals surface area contributed by atoms with E-state index >= 15 is 0 Å². The molecule has 0 bridgehead atoms. The van der Waals surface area contributed by atoms with Gasteiger partial charge in [0.15, 0.2) is 0 Å². The molecule has 0 unspecified atom stereocenters. The maximum Gasteiger partial charge on any atom is 0.231 e. The molecular weight excluding hydrogens is 288 g/mol. The van der Waals surface area contributed by atoms with Crippen molar-refractivity contribution >= 4 is 46.1 Å². The lowest BCUT2D eigenvalue weighted by Gasteiger charge is -2.15. The van der Waals surface area contributed by atoms with Crippen LogP contribution in [0.4, 0.5) is 22.7 Å². The molecular formula is C14H18N4O4. The lowest BCUT2D eigenvalue weighted by atomic mass is 10.1. The summed E-state index contributed by atoms with van der Waals surface area (Å²) in [6, 6.07) is 2.91. The fourth-order valence-electron chi connectivity index (χ4n) is 1.70. The predicted molar refractivity (Wildman–Crippen MR) is 83.1 cm³/mol. The highest BCUT2D eigenvalue weighted by atomic mass is 16.2. The zero-order valence-corrected chi connectivity index (χ0v) is 12.4. The van der Waals surface area contributed by atoms with E-state index in [0.29, 0.717) is 0 Å². The predicted octanol–water partition coefficient (Wildman–Crippen LogP) is 0.686. The standard InChI is InChI=1S/C14H18N4O4/c1-7(19)5-11(21)17-10-4-3-9(15)13(16)14(10)18-12(22)6-8(2)20/h3-4H,5-6,15-16H2,1-2H3,(H,17,21)(H,18,22). The summed E-state index contributed by atoms with van der Waals surface area (Å²) >= 11 is 0. The number of hydrogen-bond donors (Lipinski definition) is 4. The molecule has 0 saturated heterocycles. The maximum absolute atomic E-state index is 11.7. The number of anilines is 4. The minimum absolute atomic E-state index is 0.0672. The van der Waals surface area contributed by atoms with Crippen molar-refractivity contribution in [3.63, 3.8) is 0 Å². The molecule has 0 fully saturated rings. The Labute approximate surface area is 127 Å². The van der Waals surface area contributed by atoms with Crippen LogP contribution in [-0.2, 0) is 19.2 Å². The molecule has 0 aliphatic heterocycles. The van der Waals surface area contributed by atoms with Crippen LogP contribution in [0.25, 0.3) is 0 Å². The number of rotatable bonds is 6. The van der Waals surface area contributed by atoms with Crippen molar-refractivity contribution in [2.75, 3.05) is 22.1 Å². The number of amides is 2. The highest BCUT2D eigenvalue weighted by Crippen LogP contribution is 2.33.